The van der Waals surface area contributed by atoms with Crippen LogP contribution in [0.15, 0.2) is 36.4 Å². The molecule has 2 aromatic rings. The van der Waals surface area contributed by atoms with E-state index >= 15 is 0 Å². The summed E-state index contributed by atoms with van der Waals surface area (Å²) in [5, 5.41) is 38.0. The van der Waals surface area contributed by atoms with Gasteiger partial charge < -0.3 is 20.1 Å². The van der Waals surface area contributed by atoms with Gasteiger partial charge in [-0.1, -0.05) is 0 Å². The lowest BCUT2D eigenvalue weighted by atomic mass is 10.2. The van der Waals surface area contributed by atoms with Crippen LogP contribution in [0.2, 0.25) is 0 Å². The molecule has 0 fully saturated rings. The largest absolute Gasteiger partial charge is 0.504 e. The number of phenols is 3. The van der Waals surface area contributed by atoms with Crippen molar-refractivity contribution >= 4 is 6.21 Å². The first-order chi connectivity index (χ1) is 9.99. The SMILES string of the molecule is COc1cc(/C=[N+](\O)Cc2ccc(O)c(O)c2)ccc1O. The van der Waals surface area contributed by atoms with Crippen LogP contribution < -0.4 is 4.74 Å². The lowest BCUT2D eigenvalue weighted by molar-refractivity contribution is -0.783. The minimum absolute atomic E-state index is 0.0163. The highest BCUT2D eigenvalue weighted by molar-refractivity contribution is 5.77. The standard InChI is InChI=1S/C15H15NO5/c1-21-15-7-11(3-5-13(15)18)9-16(20)8-10-2-4-12(17)14(19)6-10/h2-7,9,17,19-20H,8H2,1H3/p+1. The molecule has 0 amide bonds. The zero-order valence-corrected chi connectivity index (χ0v) is 11.4. The van der Waals surface area contributed by atoms with E-state index in [1.807, 2.05) is 0 Å². The molecule has 0 aliphatic rings. The lowest BCUT2D eigenvalue weighted by Gasteiger charge is -2.03. The fourth-order valence-corrected chi connectivity index (χ4v) is 1.85. The average molecular weight is 290 g/mol. The third kappa shape index (κ3) is 3.56. The van der Waals surface area contributed by atoms with Crippen LogP contribution in [0.4, 0.5) is 0 Å². The molecule has 0 unspecified atom stereocenters. The van der Waals surface area contributed by atoms with Crippen molar-refractivity contribution in [3.05, 3.63) is 47.5 Å². The van der Waals surface area contributed by atoms with Crippen LogP contribution in [-0.4, -0.2) is 38.6 Å². The monoisotopic (exact) mass is 290 g/mol. The molecule has 0 spiro atoms. The zero-order chi connectivity index (χ0) is 15.4. The van der Waals surface area contributed by atoms with E-state index in [4.69, 9.17) is 4.74 Å². The lowest BCUT2D eigenvalue weighted by Crippen LogP contribution is -2.08. The van der Waals surface area contributed by atoms with Gasteiger partial charge in [-0.2, -0.15) is 0 Å². The molecule has 0 radical (unpaired) electrons. The maximum absolute atomic E-state index is 9.88. The molecule has 21 heavy (non-hydrogen) atoms. The fourth-order valence-electron chi connectivity index (χ4n) is 1.85. The Bertz CT molecular complexity index is 682. The van der Waals surface area contributed by atoms with E-state index in [0.29, 0.717) is 16.9 Å². The summed E-state index contributed by atoms with van der Waals surface area (Å²) in [4.78, 5) is 0. The van der Waals surface area contributed by atoms with Crippen LogP contribution in [0.5, 0.6) is 23.0 Å². The topological polar surface area (TPSA) is 93.2 Å². The molecule has 0 saturated heterocycles. The molecule has 0 aliphatic carbocycles. The second-order valence-electron chi connectivity index (χ2n) is 4.48. The summed E-state index contributed by atoms with van der Waals surface area (Å²) in [5.41, 5.74) is 1.25. The van der Waals surface area contributed by atoms with Crippen LogP contribution in [-0.2, 0) is 6.54 Å². The highest BCUT2D eigenvalue weighted by Gasteiger charge is 2.09. The second kappa shape index (κ2) is 6.04. The van der Waals surface area contributed by atoms with Crippen LogP contribution >= 0.6 is 0 Å². The number of nitrogens with zero attached hydrogens (tertiary/aromatic N) is 1. The average Bonchev–Trinajstić information content (AvgIpc) is 2.45. The highest BCUT2D eigenvalue weighted by Crippen LogP contribution is 2.26. The van der Waals surface area contributed by atoms with E-state index in [-0.39, 0.29) is 23.8 Å². The number of hydrogen-bond donors (Lipinski definition) is 4. The first-order valence-corrected chi connectivity index (χ1v) is 6.18. The molecule has 6 heteroatoms. The van der Waals surface area contributed by atoms with Crippen LogP contribution in [0.3, 0.4) is 0 Å². The Labute approximate surface area is 121 Å². The molecule has 2 aromatic carbocycles. The normalized spacial score (nSPS) is 11.4. The summed E-state index contributed by atoms with van der Waals surface area (Å²) in [6, 6.07) is 8.96. The number of benzene rings is 2. The zero-order valence-electron chi connectivity index (χ0n) is 11.4. The Morgan fingerprint density at radius 3 is 2.38 bits per heavy atom. The minimum Gasteiger partial charge on any atom is -0.504 e. The number of hydrogen-bond acceptors (Lipinski definition) is 5. The third-order valence-electron chi connectivity index (χ3n) is 2.89. The van der Waals surface area contributed by atoms with Gasteiger partial charge in [0.15, 0.2) is 23.0 Å². The Balaban J connectivity index is 2.19. The van der Waals surface area contributed by atoms with Crippen molar-refractivity contribution in [2.24, 2.45) is 0 Å². The van der Waals surface area contributed by atoms with E-state index in [2.05, 4.69) is 0 Å². The fraction of sp³-hybridized carbons (Fsp3) is 0.133. The number of hydroxylamine groups is 1. The summed E-state index contributed by atoms with van der Waals surface area (Å²) in [7, 11) is 1.44. The summed E-state index contributed by atoms with van der Waals surface area (Å²) in [5.74, 6) is -0.135. The molecule has 0 aromatic heterocycles. The quantitative estimate of drug-likeness (QED) is 0.227. The van der Waals surface area contributed by atoms with Crippen LogP contribution in [0.25, 0.3) is 0 Å². The second-order valence-corrected chi connectivity index (χ2v) is 4.48. The molecule has 2 rings (SSSR count). The smallest absolute Gasteiger partial charge is 0.223 e. The van der Waals surface area contributed by atoms with Gasteiger partial charge in [-0.05, 0) is 41.1 Å². The summed E-state index contributed by atoms with van der Waals surface area (Å²) in [6.07, 6.45) is 1.45. The summed E-state index contributed by atoms with van der Waals surface area (Å²) in [6.45, 7) is 0.122. The molecule has 0 heterocycles. The van der Waals surface area contributed by atoms with Crippen LogP contribution in [0, 0.1) is 0 Å². The van der Waals surface area contributed by atoms with Crippen molar-refractivity contribution in [3.63, 3.8) is 0 Å². The Kier molecular flexibility index (Phi) is 4.18. The molecule has 4 N–H and O–H groups in total. The van der Waals surface area contributed by atoms with Gasteiger partial charge in [0, 0.05) is 11.1 Å². The first-order valence-electron chi connectivity index (χ1n) is 6.18. The van der Waals surface area contributed by atoms with Crippen LogP contribution in [0.1, 0.15) is 11.1 Å². The number of aromatic hydroxyl groups is 3. The van der Waals surface area contributed by atoms with Gasteiger partial charge >= 0.3 is 0 Å². The van der Waals surface area contributed by atoms with Crippen molar-refractivity contribution in [3.8, 4) is 23.0 Å². The molecule has 0 bridgehead atoms. The predicted octanol–water partition coefficient (Wildman–Crippen LogP) is 1.83. The predicted molar refractivity (Wildman–Crippen MR) is 75.3 cm³/mol. The number of phenolic OH excluding ortho intramolecular Hbond substituents is 3. The minimum atomic E-state index is -0.243. The Morgan fingerprint density at radius 2 is 1.71 bits per heavy atom. The maximum Gasteiger partial charge on any atom is 0.223 e. The van der Waals surface area contributed by atoms with E-state index < -0.39 is 0 Å². The van der Waals surface area contributed by atoms with E-state index in [1.165, 1.54) is 31.5 Å². The molecule has 110 valence electrons. The van der Waals surface area contributed by atoms with Crippen molar-refractivity contribution in [2.45, 2.75) is 6.54 Å². The molecule has 0 saturated carbocycles. The Morgan fingerprint density at radius 1 is 1.00 bits per heavy atom. The number of rotatable bonds is 4. The third-order valence-corrected chi connectivity index (χ3v) is 2.89. The van der Waals surface area contributed by atoms with E-state index in [9.17, 15) is 20.5 Å². The molecule has 0 atom stereocenters. The van der Waals surface area contributed by atoms with Gasteiger partial charge in [-0.3, -0.25) is 5.21 Å². The van der Waals surface area contributed by atoms with Crippen molar-refractivity contribution in [2.75, 3.05) is 7.11 Å². The van der Waals surface area contributed by atoms with Crippen molar-refractivity contribution < 1.29 is 30.0 Å². The summed E-state index contributed by atoms with van der Waals surface area (Å²) < 4.78 is 5.91. The Hall–Kier alpha value is -2.89. The molecule has 0 aliphatic heterocycles. The van der Waals surface area contributed by atoms with Gasteiger partial charge in [-0.25, -0.2) is 0 Å². The summed E-state index contributed by atoms with van der Waals surface area (Å²) >= 11 is 0. The van der Waals surface area contributed by atoms with Crippen molar-refractivity contribution in [1.29, 1.82) is 0 Å². The van der Waals surface area contributed by atoms with Gasteiger partial charge in [0.05, 0.1) is 7.11 Å². The van der Waals surface area contributed by atoms with Gasteiger partial charge in [0.1, 0.15) is 0 Å². The van der Waals surface area contributed by atoms with Gasteiger partial charge in [0.2, 0.25) is 12.8 Å². The highest BCUT2D eigenvalue weighted by atomic mass is 16.5. The first kappa shape index (κ1) is 14.5. The van der Waals surface area contributed by atoms with Crippen molar-refractivity contribution in [1.82, 2.24) is 0 Å². The number of methoxy groups -OCH3 is 1. The van der Waals surface area contributed by atoms with E-state index in [1.54, 1.807) is 18.2 Å². The molecular formula is C15H16NO5+. The van der Waals surface area contributed by atoms with Gasteiger partial charge in [-0.15, -0.1) is 0 Å². The maximum atomic E-state index is 9.88. The number of ether oxygens (including phenoxy) is 1. The molecular weight excluding hydrogens is 274 g/mol. The molecule has 6 nitrogen and oxygen atoms in total. The van der Waals surface area contributed by atoms with Gasteiger partial charge in [0.25, 0.3) is 0 Å². The van der Waals surface area contributed by atoms with E-state index in [0.717, 1.165) is 4.74 Å².